The molecule has 1 saturated heterocycles. The lowest BCUT2D eigenvalue weighted by atomic mass is 9.67. The third-order valence-electron chi connectivity index (χ3n) is 9.69. The molecular weight excluding hydrogens is 640 g/mol. The number of carbonyl (C=O) groups excluding carboxylic acids is 1. The normalized spacial score (nSPS) is 22.3. The lowest BCUT2D eigenvalue weighted by Crippen LogP contribution is -2.56. The van der Waals surface area contributed by atoms with Crippen LogP contribution < -0.4 is 14.5 Å². The molecule has 0 radical (unpaired) electrons. The highest BCUT2D eigenvalue weighted by molar-refractivity contribution is 6.36. The molecule has 1 atom stereocenters. The van der Waals surface area contributed by atoms with Crippen LogP contribution in [0.5, 0.6) is 6.01 Å². The van der Waals surface area contributed by atoms with E-state index >= 15 is 0 Å². The Morgan fingerprint density at radius 3 is 2.69 bits per heavy atom. The van der Waals surface area contributed by atoms with Crippen LogP contribution in [-0.2, 0) is 22.5 Å². The zero-order chi connectivity index (χ0) is 34.2. The van der Waals surface area contributed by atoms with Crippen molar-refractivity contribution in [2.75, 3.05) is 70.3 Å². The monoisotopic (exact) mass is 679 g/mol. The molecule has 1 unspecified atom stereocenters. The topological polar surface area (TPSA) is 98.1 Å². The highest BCUT2D eigenvalue weighted by Crippen LogP contribution is 2.44. The number of benzene rings is 2. The van der Waals surface area contributed by atoms with E-state index in [9.17, 15) is 18.8 Å². The number of hydrogen-bond acceptors (Lipinski definition) is 9. The Morgan fingerprint density at radius 1 is 1.19 bits per heavy atom. The smallest absolute Gasteiger partial charge is 0.318 e. The van der Waals surface area contributed by atoms with E-state index in [0.29, 0.717) is 43.9 Å². The van der Waals surface area contributed by atoms with E-state index in [4.69, 9.17) is 31.0 Å². The second-order valence-corrected chi connectivity index (χ2v) is 13.7. The van der Waals surface area contributed by atoms with Crippen LogP contribution in [0.2, 0.25) is 5.02 Å². The summed E-state index contributed by atoms with van der Waals surface area (Å²) in [6.45, 7) is 6.29. The summed E-state index contributed by atoms with van der Waals surface area (Å²) in [7, 11) is 5.80. The zero-order valence-electron chi connectivity index (χ0n) is 27.5. The van der Waals surface area contributed by atoms with E-state index in [-0.39, 0.29) is 42.1 Å². The summed E-state index contributed by atoms with van der Waals surface area (Å²) in [5.41, 5.74) is 2.40. The number of fused-ring (bicyclic) bond motifs is 2. The lowest BCUT2D eigenvalue weighted by molar-refractivity contribution is -0.131. The van der Waals surface area contributed by atoms with E-state index in [2.05, 4.69) is 22.4 Å². The van der Waals surface area contributed by atoms with Crippen molar-refractivity contribution in [3.05, 3.63) is 64.8 Å². The minimum Gasteiger partial charge on any atom is -0.463 e. The Morgan fingerprint density at radius 2 is 1.98 bits per heavy atom. The first kappa shape index (κ1) is 33.8. The second-order valence-electron chi connectivity index (χ2n) is 13.3. The first-order chi connectivity index (χ1) is 23.0. The maximum Gasteiger partial charge on any atom is 0.318 e. The molecule has 1 aliphatic carbocycles. The Hall–Kier alpha value is -4.05. The van der Waals surface area contributed by atoms with Crippen LogP contribution in [0.3, 0.4) is 0 Å². The molecule has 48 heavy (non-hydrogen) atoms. The van der Waals surface area contributed by atoms with Crippen molar-refractivity contribution in [1.29, 1.82) is 5.26 Å². The number of aromatic nitrogens is 2. The molecule has 2 fully saturated rings. The number of carbonyl (C=O) groups is 1. The van der Waals surface area contributed by atoms with Crippen molar-refractivity contribution in [2.24, 2.45) is 5.41 Å². The van der Waals surface area contributed by atoms with E-state index in [1.807, 2.05) is 37.2 Å². The number of anilines is 2. The highest BCUT2D eigenvalue weighted by atomic mass is 35.5. The third kappa shape index (κ3) is 6.64. The summed E-state index contributed by atoms with van der Waals surface area (Å²) in [6.07, 6.45) is 2.51. The zero-order valence-corrected chi connectivity index (χ0v) is 28.3. The number of ether oxygens (including phenoxy) is 2. The van der Waals surface area contributed by atoms with Gasteiger partial charge in [-0.05, 0) is 50.9 Å². The van der Waals surface area contributed by atoms with Gasteiger partial charge in [0.15, 0.2) is 5.83 Å². The van der Waals surface area contributed by atoms with Crippen molar-refractivity contribution >= 4 is 39.8 Å². The van der Waals surface area contributed by atoms with Gasteiger partial charge < -0.3 is 29.1 Å². The quantitative estimate of drug-likeness (QED) is 0.270. The van der Waals surface area contributed by atoms with Crippen molar-refractivity contribution in [3.63, 3.8) is 0 Å². The molecule has 13 heteroatoms. The molecule has 2 aromatic carbocycles. The molecule has 6 rings (SSSR count). The maximum absolute atomic E-state index is 14.6. The fourth-order valence-electron chi connectivity index (χ4n) is 7.48. The Kier molecular flexibility index (Phi) is 9.74. The van der Waals surface area contributed by atoms with Crippen molar-refractivity contribution in [2.45, 2.75) is 44.4 Å². The lowest BCUT2D eigenvalue weighted by Gasteiger charge is -2.47. The predicted molar refractivity (Wildman–Crippen MR) is 180 cm³/mol. The molecule has 0 bridgehead atoms. The van der Waals surface area contributed by atoms with E-state index in [0.717, 1.165) is 41.7 Å². The van der Waals surface area contributed by atoms with Crippen LogP contribution in [0.15, 0.2) is 42.7 Å². The van der Waals surface area contributed by atoms with Gasteiger partial charge in [0, 0.05) is 61.9 Å². The van der Waals surface area contributed by atoms with E-state index in [1.165, 1.54) is 11.0 Å². The highest BCUT2D eigenvalue weighted by Gasteiger charge is 2.46. The van der Waals surface area contributed by atoms with Gasteiger partial charge in [-0.2, -0.15) is 15.2 Å². The number of halogens is 3. The minimum atomic E-state index is -1.05. The Bertz CT molecular complexity index is 1760. The number of hydrogen-bond donors (Lipinski definition) is 0. The molecule has 2 aliphatic heterocycles. The Balaban J connectivity index is 1.35. The van der Waals surface area contributed by atoms with Gasteiger partial charge in [-0.15, -0.1) is 0 Å². The van der Waals surface area contributed by atoms with Crippen molar-refractivity contribution < 1.29 is 23.0 Å². The molecule has 1 aromatic heterocycles. The van der Waals surface area contributed by atoms with Crippen LogP contribution >= 0.6 is 11.6 Å². The van der Waals surface area contributed by atoms with E-state index < -0.39 is 23.6 Å². The average Bonchev–Trinajstić information content (AvgIpc) is 3.06. The first-order valence-electron chi connectivity index (χ1n) is 16.1. The van der Waals surface area contributed by atoms with Crippen LogP contribution in [-0.4, -0.2) is 98.4 Å². The first-order valence-corrected chi connectivity index (χ1v) is 16.5. The summed E-state index contributed by atoms with van der Waals surface area (Å²) in [5.74, 6) is -1.65. The van der Waals surface area contributed by atoms with Gasteiger partial charge in [-0.25, -0.2) is 8.78 Å². The summed E-state index contributed by atoms with van der Waals surface area (Å²) < 4.78 is 40.5. The molecule has 254 valence electrons. The van der Waals surface area contributed by atoms with Crippen LogP contribution in [0.1, 0.15) is 30.5 Å². The summed E-state index contributed by atoms with van der Waals surface area (Å²) >= 11 is 6.51. The molecule has 10 nitrogen and oxygen atoms in total. The Labute approximate surface area is 284 Å². The average molecular weight is 680 g/mol. The standard InChI is InChI=1S/C35H40ClF2N7O3/c1-22(37)33(46)45-15-14-44(18-24(45)10-12-39)32-26-11-13-43(29-7-5-6-23-8-9-27(38)31(36)30(23)29)19-28(26)40-34(41-32)48-21-35(20-42(2)3)16-25(17-35)47-4/h5-9,24-25H,1,10-11,13-21H2,2-4H3. The third-order valence-corrected chi connectivity index (χ3v) is 10.1. The van der Waals surface area contributed by atoms with E-state index in [1.54, 1.807) is 13.2 Å². The predicted octanol–water partition coefficient (Wildman–Crippen LogP) is 5.13. The largest absolute Gasteiger partial charge is 0.463 e. The molecule has 3 aromatic rings. The molecule has 1 saturated carbocycles. The number of rotatable bonds is 10. The second kappa shape index (κ2) is 13.8. The van der Waals surface area contributed by atoms with Gasteiger partial charge in [0.2, 0.25) is 0 Å². The fourth-order valence-corrected chi connectivity index (χ4v) is 7.75. The molecule has 3 aliphatic rings. The molecule has 3 heterocycles. The summed E-state index contributed by atoms with van der Waals surface area (Å²) in [4.78, 5) is 30.2. The number of piperazine rings is 1. The number of nitriles is 1. The number of amides is 1. The number of methoxy groups -OCH3 is 1. The van der Waals surface area contributed by atoms with Gasteiger partial charge in [-0.1, -0.05) is 36.4 Å². The molecule has 0 spiro atoms. The fraction of sp³-hybridized carbons (Fsp3) is 0.486. The molecule has 0 N–H and O–H groups in total. The molecular formula is C35H40ClF2N7O3. The maximum atomic E-state index is 14.6. The van der Waals surface area contributed by atoms with Gasteiger partial charge >= 0.3 is 6.01 Å². The number of nitrogens with zero attached hydrogens (tertiary/aromatic N) is 7. The minimum absolute atomic E-state index is 0.0338. The summed E-state index contributed by atoms with van der Waals surface area (Å²) in [5, 5.41) is 11.1. The van der Waals surface area contributed by atoms with Crippen LogP contribution in [0, 0.1) is 22.6 Å². The molecule has 1 amide bonds. The van der Waals surface area contributed by atoms with Crippen LogP contribution in [0.25, 0.3) is 10.8 Å². The van der Waals surface area contributed by atoms with Crippen molar-refractivity contribution in [3.8, 4) is 12.1 Å². The van der Waals surface area contributed by atoms with Gasteiger partial charge in [0.1, 0.15) is 11.6 Å². The summed E-state index contributed by atoms with van der Waals surface area (Å²) in [6, 6.07) is 10.7. The van der Waals surface area contributed by atoms with Gasteiger partial charge in [0.05, 0.1) is 48.5 Å². The van der Waals surface area contributed by atoms with Crippen LogP contribution in [0.4, 0.5) is 20.3 Å². The van der Waals surface area contributed by atoms with Gasteiger partial charge in [0.25, 0.3) is 5.91 Å². The SMILES string of the molecule is C=C(F)C(=O)N1CCN(c2nc(OCC3(CN(C)C)CC(OC)C3)nc3c2CCN(c2cccc4ccc(F)c(Cl)c24)C3)CC1CC#N. The van der Waals surface area contributed by atoms with Crippen molar-refractivity contribution in [1.82, 2.24) is 19.8 Å². The van der Waals surface area contributed by atoms with Gasteiger partial charge in [-0.3, -0.25) is 4.79 Å².